The first-order valence-electron chi connectivity index (χ1n) is 7.76. The summed E-state index contributed by atoms with van der Waals surface area (Å²) in [5, 5.41) is 0. The van der Waals surface area contributed by atoms with E-state index in [1.165, 1.54) is 5.56 Å². The van der Waals surface area contributed by atoms with Crippen molar-refractivity contribution in [2.24, 2.45) is 11.7 Å². The highest BCUT2D eigenvalue weighted by molar-refractivity contribution is 9.10. The Kier molecular flexibility index (Phi) is 5.82. The van der Waals surface area contributed by atoms with E-state index >= 15 is 0 Å². The molecular formula is C17H25BrN2O. The topological polar surface area (TPSA) is 46.3 Å². The predicted molar refractivity (Wildman–Crippen MR) is 90.1 cm³/mol. The fraction of sp³-hybridized carbons (Fsp3) is 0.588. The lowest BCUT2D eigenvalue weighted by Crippen LogP contribution is -2.42. The lowest BCUT2D eigenvalue weighted by molar-refractivity contribution is -0.133. The van der Waals surface area contributed by atoms with Gasteiger partial charge in [-0.3, -0.25) is 4.79 Å². The maximum atomic E-state index is 12.4. The predicted octanol–water partition coefficient (Wildman–Crippen LogP) is 3.53. The third-order valence-corrected chi connectivity index (χ3v) is 5.08. The summed E-state index contributed by atoms with van der Waals surface area (Å²) in [4.78, 5) is 14.4. The second-order valence-electron chi connectivity index (χ2n) is 6.23. The molecule has 1 aromatic carbocycles. The normalized spacial score (nSPS) is 19.3. The third-order valence-electron chi connectivity index (χ3n) is 4.56. The molecule has 0 aliphatic carbocycles. The Balaban J connectivity index is 1.86. The molecule has 21 heavy (non-hydrogen) atoms. The van der Waals surface area contributed by atoms with Gasteiger partial charge in [0.2, 0.25) is 5.91 Å². The molecule has 1 fully saturated rings. The Labute approximate surface area is 136 Å². The lowest BCUT2D eigenvalue weighted by Gasteiger charge is -2.34. The quantitative estimate of drug-likeness (QED) is 0.900. The number of rotatable bonds is 4. The summed E-state index contributed by atoms with van der Waals surface area (Å²) in [7, 11) is 0. The Morgan fingerprint density at radius 3 is 2.38 bits per heavy atom. The van der Waals surface area contributed by atoms with Crippen LogP contribution in [-0.4, -0.2) is 29.9 Å². The van der Waals surface area contributed by atoms with Crippen LogP contribution in [0.3, 0.4) is 0 Å². The number of nitrogens with two attached hydrogens (primary N) is 1. The summed E-state index contributed by atoms with van der Waals surface area (Å²) in [6, 6.07) is 8.48. The highest BCUT2D eigenvalue weighted by Crippen LogP contribution is 2.24. The molecule has 1 saturated heterocycles. The van der Waals surface area contributed by atoms with Gasteiger partial charge in [-0.2, -0.15) is 0 Å². The maximum absolute atomic E-state index is 12.4. The van der Waals surface area contributed by atoms with Crippen LogP contribution in [0.1, 0.15) is 44.6 Å². The van der Waals surface area contributed by atoms with Gasteiger partial charge in [0, 0.05) is 30.0 Å². The number of carbonyl (C=O) groups excluding carboxylic acids is 1. The second-order valence-corrected chi connectivity index (χ2v) is 7.15. The van der Waals surface area contributed by atoms with E-state index in [0.717, 1.165) is 30.4 Å². The molecule has 3 nitrogen and oxygen atoms in total. The van der Waals surface area contributed by atoms with E-state index in [9.17, 15) is 4.79 Å². The van der Waals surface area contributed by atoms with Crippen LogP contribution in [0.5, 0.6) is 0 Å². The van der Waals surface area contributed by atoms with Gasteiger partial charge in [-0.25, -0.2) is 0 Å². The molecule has 2 unspecified atom stereocenters. The number of benzene rings is 1. The standard InChI is InChI=1S/C17H25BrN2O/c1-12(14-3-5-16(18)6-4-14)11-17(21)20-9-7-15(8-10-20)13(2)19/h3-6,12-13,15H,7-11,19H2,1-2H3. The molecule has 1 aliphatic heterocycles. The summed E-state index contributed by atoms with van der Waals surface area (Å²) in [5.74, 6) is 1.10. The zero-order valence-corrected chi connectivity index (χ0v) is 14.5. The monoisotopic (exact) mass is 352 g/mol. The van der Waals surface area contributed by atoms with Crippen LogP contribution in [0.4, 0.5) is 0 Å². The zero-order chi connectivity index (χ0) is 15.4. The molecule has 2 N–H and O–H groups in total. The summed E-state index contributed by atoms with van der Waals surface area (Å²) in [6.07, 6.45) is 2.66. The molecular weight excluding hydrogens is 328 g/mol. The van der Waals surface area contributed by atoms with Gasteiger partial charge >= 0.3 is 0 Å². The van der Waals surface area contributed by atoms with Crippen molar-refractivity contribution in [3.63, 3.8) is 0 Å². The minimum absolute atomic E-state index is 0.240. The lowest BCUT2D eigenvalue weighted by atomic mass is 9.90. The smallest absolute Gasteiger partial charge is 0.223 e. The minimum atomic E-state index is 0.240. The van der Waals surface area contributed by atoms with Crippen molar-refractivity contribution in [1.29, 1.82) is 0 Å². The van der Waals surface area contributed by atoms with Gasteiger partial charge in [0.25, 0.3) is 0 Å². The molecule has 0 aromatic heterocycles. The van der Waals surface area contributed by atoms with E-state index in [-0.39, 0.29) is 17.9 Å². The number of piperidine rings is 1. The molecule has 1 aliphatic rings. The van der Waals surface area contributed by atoms with Gasteiger partial charge in [-0.15, -0.1) is 0 Å². The Hall–Kier alpha value is -0.870. The van der Waals surface area contributed by atoms with Crippen molar-refractivity contribution in [2.45, 2.75) is 45.1 Å². The first kappa shape index (κ1) is 16.5. The van der Waals surface area contributed by atoms with Crippen molar-refractivity contribution in [3.05, 3.63) is 34.3 Å². The van der Waals surface area contributed by atoms with Gasteiger partial charge in [-0.1, -0.05) is 35.0 Å². The molecule has 1 amide bonds. The van der Waals surface area contributed by atoms with Crippen LogP contribution < -0.4 is 5.73 Å². The molecule has 0 radical (unpaired) electrons. The molecule has 0 bridgehead atoms. The molecule has 1 heterocycles. The third kappa shape index (κ3) is 4.55. The number of nitrogens with zero attached hydrogens (tertiary/aromatic N) is 1. The number of hydrogen-bond donors (Lipinski definition) is 1. The van der Waals surface area contributed by atoms with Crippen molar-refractivity contribution in [1.82, 2.24) is 4.90 Å². The van der Waals surface area contributed by atoms with Crippen LogP contribution in [-0.2, 0) is 4.79 Å². The van der Waals surface area contributed by atoms with E-state index in [0.29, 0.717) is 12.3 Å². The highest BCUT2D eigenvalue weighted by Gasteiger charge is 2.25. The van der Waals surface area contributed by atoms with Gasteiger partial charge in [-0.05, 0) is 49.3 Å². The summed E-state index contributed by atoms with van der Waals surface area (Å²) >= 11 is 3.44. The molecule has 116 valence electrons. The summed E-state index contributed by atoms with van der Waals surface area (Å²) in [5.41, 5.74) is 7.17. The van der Waals surface area contributed by atoms with Crippen molar-refractivity contribution < 1.29 is 4.79 Å². The Morgan fingerprint density at radius 2 is 1.86 bits per heavy atom. The highest BCUT2D eigenvalue weighted by atomic mass is 79.9. The molecule has 4 heteroatoms. The van der Waals surface area contributed by atoms with E-state index in [1.807, 2.05) is 17.0 Å². The molecule has 0 saturated carbocycles. The van der Waals surface area contributed by atoms with Crippen LogP contribution >= 0.6 is 15.9 Å². The zero-order valence-electron chi connectivity index (χ0n) is 12.9. The second kappa shape index (κ2) is 7.41. The Bertz CT molecular complexity index is 464. The molecule has 0 spiro atoms. The van der Waals surface area contributed by atoms with Gasteiger partial charge < -0.3 is 10.6 Å². The number of likely N-dealkylation sites (tertiary alicyclic amines) is 1. The fourth-order valence-corrected chi connectivity index (χ4v) is 3.24. The SMILES string of the molecule is CC(CC(=O)N1CCC(C(C)N)CC1)c1ccc(Br)cc1. The number of amides is 1. The number of halogens is 1. The van der Waals surface area contributed by atoms with Crippen LogP contribution in [0.2, 0.25) is 0 Å². The van der Waals surface area contributed by atoms with Gasteiger partial charge in [0.1, 0.15) is 0 Å². The van der Waals surface area contributed by atoms with E-state index < -0.39 is 0 Å². The maximum Gasteiger partial charge on any atom is 0.223 e. The van der Waals surface area contributed by atoms with E-state index in [2.05, 4.69) is 41.9 Å². The fourth-order valence-electron chi connectivity index (χ4n) is 2.97. The first-order valence-corrected chi connectivity index (χ1v) is 8.55. The molecule has 2 rings (SSSR count). The average molecular weight is 353 g/mol. The molecule has 2 atom stereocenters. The van der Waals surface area contributed by atoms with Crippen molar-refractivity contribution >= 4 is 21.8 Å². The van der Waals surface area contributed by atoms with Crippen LogP contribution in [0, 0.1) is 5.92 Å². The van der Waals surface area contributed by atoms with Crippen LogP contribution in [0.25, 0.3) is 0 Å². The van der Waals surface area contributed by atoms with Gasteiger partial charge in [0.05, 0.1) is 0 Å². The van der Waals surface area contributed by atoms with E-state index in [1.54, 1.807) is 0 Å². The Morgan fingerprint density at radius 1 is 1.29 bits per heavy atom. The van der Waals surface area contributed by atoms with E-state index in [4.69, 9.17) is 5.73 Å². The molecule has 1 aromatic rings. The first-order chi connectivity index (χ1) is 9.97. The minimum Gasteiger partial charge on any atom is -0.343 e. The largest absolute Gasteiger partial charge is 0.343 e. The van der Waals surface area contributed by atoms with Crippen molar-refractivity contribution in [3.8, 4) is 0 Å². The average Bonchev–Trinajstić information content (AvgIpc) is 2.47. The summed E-state index contributed by atoms with van der Waals surface area (Å²) in [6.45, 7) is 5.91. The summed E-state index contributed by atoms with van der Waals surface area (Å²) < 4.78 is 1.07. The number of hydrogen-bond acceptors (Lipinski definition) is 2. The van der Waals surface area contributed by atoms with Crippen molar-refractivity contribution in [2.75, 3.05) is 13.1 Å². The van der Waals surface area contributed by atoms with Crippen LogP contribution in [0.15, 0.2) is 28.7 Å². The van der Waals surface area contributed by atoms with Gasteiger partial charge in [0.15, 0.2) is 0 Å². The number of carbonyl (C=O) groups is 1.